The molecule has 136 valence electrons. The van der Waals surface area contributed by atoms with Crippen LogP contribution in [0.4, 0.5) is 5.88 Å². The summed E-state index contributed by atoms with van der Waals surface area (Å²) in [6.45, 7) is 3.84. The van der Waals surface area contributed by atoms with Crippen molar-refractivity contribution in [1.29, 1.82) is 0 Å². The molecule has 26 heavy (non-hydrogen) atoms. The van der Waals surface area contributed by atoms with Gasteiger partial charge in [-0.1, -0.05) is 0 Å². The van der Waals surface area contributed by atoms with Crippen LogP contribution < -0.4 is 14.4 Å². The Morgan fingerprint density at radius 2 is 1.92 bits per heavy atom. The Hall–Kier alpha value is -3.07. The summed E-state index contributed by atoms with van der Waals surface area (Å²) in [6, 6.07) is 8.50. The molecule has 0 spiro atoms. The second-order valence-corrected chi connectivity index (χ2v) is 6.30. The van der Waals surface area contributed by atoms with Crippen molar-refractivity contribution in [2.45, 2.75) is 6.54 Å². The van der Waals surface area contributed by atoms with Crippen LogP contribution in [0.3, 0.4) is 0 Å². The molecule has 0 aliphatic carbocycles. The molecular weight excluding hydrogens is 342 g/mol. The van der Waals surface area contributed by atoms with Crippen LogP contribution >= 0.6 is 0 Å². The van der Waals surface area contributed by atoms with E-state index in [0.29, 0.717) is 13.1 Å². The Labute approximate surface area is 148 Å². The summed E-state index contributed by atoms with van der Waals surface area (Å²) in [4.78, 5) is 25.4. The fourth-order valence-electron chi connectivity index (χ4n) is 3.24. The highest BCUT2D eigenvalue weighted by molar-refractivity contribution is 5.91. The third-order valence-corrected chi connectivity index (χ3v) is 4.63. The molecule has 0 atom stereocenters. The van der Waals surface area contributed by atoms with Gasteiger partial charge >= 0.3 is 5.88 Å². The van der Waals surface area contributed by atoms with Crippen LogP contribution in [-0.4, -0.2) is 48.7 Å². The summed E-state index contributed by atoms with van der Waals surface area (Å²) in [5, 5.41) is 10.7. The zero-order valence-electron chi connectivity index (χ0n) is 14.0. The third kappa shape index (κ3) is 3.21. The van der Waals surface area contributed by atoms with E-state index < -0.39 is 10.8 Å². The Morgan fingerprint density at radius 3 is 2.65 bits per heavy atom. The summed E-state index contributed by atoms with van der Waals surface area (Å²) in [7, 11) is 0. The SMILES string of the molecule is O=C(c1ccc([N+](=O)[O-])o1)N1CC[NH+](Cc2ccc3c(c2)OCO3)CC1. The monoisotopic (exact) mass is 360 g/mol. The molecule has 1 fully saturated rings. The van der Waals surface area contributed by atoms with E-state index in [1.807, 2.05) is 18.2 Å². The minimum atomic E-state index is -0.649. The number of nitro groups is 1. The summed E-state index contributed by atoms with van der Waals surface area (Å²) in [5.41, 5.74) is 1.16. The van der Waals surface area contributed by atoms with Gasteiger partial charge in [-0.2, -0.15) is 0 Å². The highest BCUT2D eigenvalue weighted by Crippen LogP contribution is 2.32. The molecule has 0 unspecified atom stereocenters. The topological polar surface area (TPSA) is 99.5 Å². The summed E-state index contributed by atoms with van der Waals surface area (Å²) in [6.07, 6.45) is 0. The number of piperazine rings is 1. The number of benzene rings is 1. The first-order valence-electron chi connectivity index (χ1n) is 8.36. The molecule has 0 saturated carbocycles. The number of quaternary nitrogens is 1. The highest BCUT2D eigenvalue weighted by atomic mass is 16.7. The number of hydrogen-bond donors (Lipinski definition) is 1. The van der Waals surface area contributed by atoms with Crippen molar-refractivity contribution in [1.82, 2.24) is 4.90 Å². The molecule has 1 saturated heterocycles. The number of carbonyl (C=O) groups is 1. The fraction of sp³-hybridized carbons (Fsp3) is 0.353. The quantitative estimate of drug-likeness (QED) is 0.628. The molecule has 0 radical (unpaired) electrons. The number of fused-ring (bicyclic) bond motifs is 1. The van der Waals surface area contributed by atoms with Crippen LogP contribution in [0.25, 0.3) is 0 Å². The number of ether oxygens (including phenoxy) is 2. The molecule has 2 aliphatic rings. The molecule has 1 aromatic heterocycles. The zero-order valence-corrected chi connectivity index (χ0v) is 14.0. The first-order valence-corrected chi connectivity index (χ1v) is 8.36. The molecule has 4 rings (SSSR count). The van der Waals surface area contributed by atoms with E-state index in [-0.39, 0.29) is 18.5 Å². The second kappa shape index (κ2) is 6.68. The number of carbonyl (C=O) groups excluding carboxylic acids is 1. The number of hydrogen-bond acceptors (Lipinski definition) is 6. The Balaban J connectivity index is 1.33. The second-order valence-electron chi connectivity index (χ2n) is 6.30. The number of nitrogens with one attached hydrogen (secondary N) is 1. The van der Waals surface area contributed by atoms with Crippen molar-refractivity contribution >= 4 is 11.8 Å². The maximum absolute atomic E-state index is 12.4. The van der Waals surface area contributed by atoms with E-state index in [4.69, 9.17) is 13.9 Å². The van der Waals surface area contributed by atoms with Crippen molar-refractivity contribution in [3.63, 3.8) is 0 Å². The van der Waals surface area contributed by atoms with Crippen molar-refractivity contribution < 1.29 is 28.5 Å². The average Bonchev–Trinajstić information content (AvgIpc) is 3.31. The predicted octanol–water partition coefficient (Wildman–Crippen LogP) is 0.457. The first-order chi connectivity index (χ1) is 12.6. The van der Waals surface area contributed by atoms with Crippen LogP contribution in [0.15, 0.2) is 34.7 Å². The first kappa shape index (κ1) is 16.4. The van der Waals surface area contributed by atoms with E-state index in [1.165, 1.54) is 17.0 Å². The van der Waals surface area contributed by atoms with Gasteiger partial charge in [0.1, 0.15) is 11.5 Å². The Morgan fingerprint density at radius 1 is 1.15 bits per heavy atom. The lowest BCUT2D eigenvalue weighted by Gasteiger charge is -2.31. The summed E-state index contributed by atoms with van der Waals surface area (Å²) < 4.78 is 15.7. The van der Waals surface area contributed by atoms with Gasteiger partial charge in [0.25, 0.3) is 5.91 Å². The van der Waals surface area contributed by atoms with Gasteiger partial charge in [-0.05, 0) is 24.3 Å². The largest absolute Gasteiger partial charge is 0.454 e. The van der Waals surface area contributed by atoms with Gasteiger partial charge in [0.2, 0.25) is 6.79 Å². The normalized spacial score (nSPS) is 16.7. The van der Waals surface area contributed by atoms with Crippen molar-refractivity contribution in [3.8, 4) is 11.5 Å². The lowest BCUT2D eigenvalue weighted by atomic mass is 10.1. The van der Waals surface area contributed by atoms with Crippen LogP contribution in [0.5, 0.6) is 11.5 Å². The molecule has 1 amide bonds. The molecule has 3 heterocycles. The number of amides is 1. The van der Waals surface area contributed by atoms with Gasteiger partial charge in [-0.25, -0.2) is 0 Å². The van der Waals surface area contributed by atoms with Crippen LogP contribution in [-0.2, 0) is 6.54 Å². The van der Waals surface area contributed by atoms with E-state index in [0.717, 1.165) is 36.7 Å². The Kier molecular flexibility index (Phi) is 4.21. The molecular formula is C17H18N3O6+. The van der Waals surface area contributed by atoms with Gasteiger partial charge in [0, 0.05) is 5.56 Å². The van der Waals surface area contributed by atoms with E-state index in [9.17, 15) is 14.9 Å². The maximum atomic E-state index is 12.4. The third-order valence-electron chi connectivity index (χ3n) is 4.63. The fourth-order valence-corrected chi connectivity index (χ4v) is 3.24. The van der Waals surface area contributed by atoms with Gasteiger partial charge in [-0.15, -0.1) is 0 Å². The standard InChI is InChI=1S/C17H17N3O6/c21-17(14-3-4-16(26-14)20(22)23)19-7-5-18(6-8-19)10-12-1-2-13-15(9-12)25-11-24-13/h1-4,9H,5-8,10-11H2/p+1. The molecule has 9 heteroatoms. The van der Waals surface area contributed by atoms with Crippen molar-refractivity contribution in [3.05, 3.63) is 51.8 Å². The molecule has 0 bridgehead atoms. The van der Waals surface area contributed by atoms with E-state index in [2.05, 4.69) is 0 Å². The van der Waals surface area contributed by atoms with Crippen molar-refractivity contribution in [2.24, 2.45) is 0 Å². The van der Waals surface area contributed by atoms with E-state index in [1.54, 1.807) is 4.90 Å². The molecule has 1 N–H and O–H groups in total. The minimum absolute atomic E-state index is 0.0101. The average molecular weight is 360 g/mol. The highest BCUT2D eigenvalue weighted by Gasteiger charge is 2.28. The van der Waals surface area contributed by atoms with Gasteiger partial charge < -0.3 is 23.7 Å². The van der Waals surface area contributed by atoms with E-state index >= 15 is 0 Å². The summed E-state index contributed by atoms with van der Waals surface area (Å²) >= 11 is 0. The molecule has 1 aromatic carbocycles. The lowest BCUT2D eigenvalue weighted by molar-refractivity contribution is -0.917. The van der Waals surface area contributed by atoms with Gasteiger partial charge in [0.15, 0.2) is 17.3 Å². The predicted molar refractivity (Wildman–Crippen MR) is 88.2 cm³/mol. The van der Waals surface area contributed by atoms with Crippen molar-refractivity contribution in [2.75, 3.05) is 33.0 Å². The molecule has 9 nitrogen and oxygen atoms in total. The lowest BCUT2D eigenvalue weighted by Crippen LogP contribution is -3.13. The van der Waals surface area contributed by atoms with Gasteiger partial charge in [-0.3, -0.25) is 14.9 Å². The number of rotatable bonds is 4. The minimum Gasteiger partial charge on any atom is -0.454 e. The zero-order chi connectivity index (χ0) is 18.1. The van der Waals surface area contributed by atoms with Crippen LogP contribution in [0, 0.1) is 10.1 Å². The molecule has 2 aliphatic heterocycles. The summed E-state index contributed by atoms with van der Waals surface area (Å²) in [5.74, 6) is 0.832. The maximum Gasteiger partial charge on any atom is 0.433 e. The number of furan rings is 1. The van der Waals surface area contributed by atoms with Crippen LogP contribution in [0.2, 0.25) is 0 Å². The molecule has 2 aromatic rings. The van der Waals surface area contributed by atoms with Crippen LogP contribution in [0.1, 0.15) is 16.1 Å². The van der Waals surface area contributed by atoms with Gasteiger partial charge in [0.05, 0.1) is 32.2 Å². The Bertz CT molecular complexity index is 841. The smallest absolute Gasteiger partial charge is 0.433 e. The number of nitrogens with zero attached hydrogens (tertiary/aromatic N) is 2.